The molecule has 1 aromatic carbocycles. The summed E-state index contributed by atoms with van der Waals surface area (Å²) in [6, 6.07) is 6.46. The van der Waals surface area contributed by atoms with Crippen molar-refractivity contribution in [2.45, 2.75) is 6.04 Å². The van der Waals surface area contributed by atoms with Gasteiger partial charge in [-0.3, -0.25) is 9.69 Å². The monoisotopic (exact) mass is 209 g/mol. The van der Waals surface area contributed by atoms with Crippen LogP contribution in [0.4, 0.5) is 0 Å². The normalized spacial score (nSPS) is 12.5. The average molecular weight is 209 g/mol. The van der Waals surface area contributed by atoms with Crippen LogP contribution in [0.5, 0.6) is 5.75 Å². The third-order valence-corrected chi connectivity index (χ3v) is 2.18. The summed E-state index contributed by atoms with van der Waals surface area (Å²) in [6.45, 7) is 0. The Kier molecular flexibility index (Phi) is 3.68. The SMILES string of the molecule is COc1ccccc1[C@H](C(=O)O)N(C)C. The van der Waals surface area contributed by atoms with Crippen LogP contribution in [0.25, 0.3) is 0 Å². The van der Waals surface area contributed by atoms with Gasteiger partial charge in [-0.2, -0.15) is 0 Å². The van der Waals surface area contributed by atoms with Crippen LogP contribution in [0.15, 0.2) is 24.3 Å². The molecule has 1 N–H and O–H groups in total. The number of carboxylic acids is 1. The molecule has 0 fully saturated rings. The molecule has 0 saturated carbocycles. The molecule has 0 radical (unpaired) electrons. The van der Waals surface area contributed by atoms with Gasteiger partial charge in [0.15, 0.2) is 0 Å². The van der Waals surface area contributed by atoms with Crippen molar-refractivity contribution in [2.24, 2.45) is 0 Å². The van der Waals surface area contributed by atoms with Crippen molar-refractivity contribution < 1.29 is 14.6 Å². The molecule has 1 atom stereocenters. The van der Waals surface area contributed by atoms with Crippen LogP contribution >= 0.6 is 0 Å². The van der Waals surface area contributed by atoms with Gasteiger partial charge >= 0.3 is 5.97 Å². The highest BCUT2D eigenvalue weighted by Crippen LogP contribution is 2.27. The van der Waals surface area contributed by atoms with Gasteiger partial charge in [-0.1, -0.05) is 18.2 Å². The predicted molar refractivity (Wildman–Crippen MR) is 57.1 cm³/mol. The number of aliphatic carboxylic acids is 1. The van der Waals surface area contributed by atoms with Gasteiger partial charge in [0, 0.05) is 5.56 Å². The van der Waals surface area contributed by atoms with Crippen molar-refractivity contribution in [3.63, 3.8) is 0 Å². The summed E-state index contributed by atoms with van der Waals surface area (Å²) in [4.78, 5) is 12.8. The van der Waals surface area contributed by atoms with E-state index in [1.165, 1.54) is 7.11 Å². The number of likely N-dealkylation sites (N-methyl/N-ethyl adjacent to an activating group) is 1. The second-order valence-corrected chi connectivity index (χ2v) is 3.45. The number of hydrogen-bond acceptors (Lipinski definition) is 3. The van der Waals surface area contributed by atoms with Crippen molar-refractivity contribution in [3.05, 3.63) is 29.8 Å². The highest BCUT2D eigenvalue weighted by Gasteiger charge is 2.24. The molecular weight excluding hydrogens is 194 g/mol. The Hall–Kier alpha value is -1.55. The van der Waals surface area contributed by atoms with Gasteiger partial charge < -0.3 is 9.84 Å². The lowest BCUT2D eigenvalue weighted by atomic mass is 10.1. The lowest BCUT2D eigenvalue weighted by Crippen LogP contribution is -2.27. The molecule has 82 valence electrons. The van der Waals surface area contributed by atoms with E-state index in [1.807, 2.05) is 6.07 Å². The van der Waals surface area contributed by atoms with E-state index < -0.39 is 12.0 Å². The van der Waals surface area contributed by atoms with Crippen LogP contribution in [0, 0.1) is 0 Å². The van der Waals surface area contributed by atoms with Crippen LogP contribution in [0.3, 0.4) is 0 Å². The standard InChI is InChI=1S/C11H15NO3/c1-12(2)10(11(13)14)8-6-4-5-7-9(8)15-3/h4-7,10H,1-3H3,(H,13,14)/t10-/m1/s1. The van der Waals surface area contributed by atoms with Crippen molar-refractivity contribution in [2.75, 3.05) is 21.2 Å². The van der Waals surface area contributed by atoms with Crippen LogP contribution in [-0.2, 0) is 4.79 Å². The first-order chi connectivity index (χ1) is 7.07. The van der Waals surface area contributed by atoms with Crippen LogP contribution in [0.2, 0.25) is 0 Å². The summed E-state index contributed by atoms with van der Waals surface area (Å²) >= 11 is 0. The summed E-state index contributed by atoms with van der Waals surface area (Å²) in [5.41, 5.74) is 0.664. The highest BCUT2D eigenvalue weighted by atomic mass is 16.5. The summed E-state index contributed by atoms with van der Waals surface area (Å²) < 4.78 is 5.14. The Morgan fingerprint density at radius 2 is 2.00 bits per heavy atom. The Labute approximate surface area is 89.1 Å². The Bertz CT molecular complexity index is 349. The Morgan fingerprint density at radius 1 is 1.40 bits per heavy atom. The van der Waals surface area contributed by atoms with E-state index in [0.717, 1.165) is 0 Å². The minimum atomic E-state index is -0.885. The molecule has 0 aliphatic heterocycles. The third kappa shape index (κ3) is 2.47. The van der Waals surface area contributed by atoms with E-state index in [2.05, 4.69) is 0 Å². The molecule has 15 heavy (non-hydrogen) atoms. The van der Waals surface area contributed by atoms with Gasteiger partial charge in [-0.25, -0.2) is 0 Å². The molecular formula is C11H15NO3. The molecule has 0 aromatic heterocycles. The molecule has 4 heteroatoms. The topological polar surface area (TPSA) is 49.8 Å². The fourth-order valence-corrected chi connectivity index (χ4v) is 1.52. The smallest absolute Gasteiger partial charge is 0.325 e. The minimum Gasteiger partial charge on any atom is -0.496 e. The van der Waals surface area contributed by atoms with Crippen molar-refractivity contribution in [3.8, 4) is 5.75 Å². The van der Waals surface area contributed by atoms with Gasteiger partial charge in [0.25, 0.3) is 0 Å². The van der Waals surface area contributed by atoms with Crippen LogP contribution in [-0.4, -0.2) is 37.2 Å². The zero-order valence-corrected chi connectivity index (χ0v) is 9.10. The zero-order chi connectivity index (χ0) is 11.4. The number of rotatable bonds is 4. The van der Waals surface area contributed by atoms with Gasteiger partial charge in [0.2, 0.25) is 0 Å². The van der Waals surface area contributed by atoms with Gasteiger partial charge in [-0.15, -0.1) is 0 Å². The number of ether oxygens (including phenoxy) is 1. The maximum absolute atomic E-state index is 11.1. The molecule has 0 bridgehead atoms. The van der Waals surface area contributed by atoms with Gasteiger partial charge in [0.05, 0.1) is 7.11 Å². The molecule has 1 aromatic rings. The van der Waals surface area contributed by atoms with Crippen molar-refractivity contribution in [1.29, 1.82) is 0 Å². The summed E-state index contributed by atoms with van der Waals surface area (Å²) in [5.74, 6) is -0.289. The summed E-state index contributed by atoms with van der Waals surface area (Å²) in [5, 5.41) is 9.12. The van der Waals surface area contributed by atoms with Crippen LogP contribution in [0.1, 0.15) is 11.6 Å². The number of methoxy groups -OCH3 is 1. The number of benzene rings is 1. The van der Waals surface area contributed by atoms with Crippen LogP contribution < -0.4 is 4.74 Å². The van der Waals surface area contributed by atoms with E-state index in [0.29, 0.717) is 11.3 Å². The molecule has 0 spiro atoms. The second-order valence-electron chi connectivity index (χ2n) is 3.45. The molecule has 0 amide bonds. The second kappa shape index (κ2) is 4.79. The predicted octanol–water partition coefficient (Wildman–Crippen LogP) is 1.38. The maximum atomic E-state index is 11.1. The highest BCUT2D eigenvalue weighted by molar-refractivity contribution is 5.76. The first-order valence-corrected chi connectivity index (χ1v) is 4.60. The van der Waals surface area contributed by atoms with Crippen molar-refractivity contribution in [1.82, 2.24) is 4.90 Å². The molecule has 0 aliphatic carbocycles. The Morgan fingerprint density at radius 3 is 2.47 bits per heavy atom. The number of nitrogens with zero attached hydrogens (tertiary/aromatic N) is 1. The quantitative estimate of drug-likeness (QED) is 0.814. The summed E-state index contributed by atoms with van der Waals surface area (Å²) in [7, 11) is 4.99. The largest absolute Gasteiger partial charge is 0.496 e. The van der Waals surface area contributed by atoms with E-state index in [-0.39, 0.29) is 0 Å². The van der Waals surface area contributed by atoms with E-state index in [1.54, 1.807) is 37.2 Å². The minimum absolute atomic E-state index is 0.596. The van der Waals surface area contributed by atoms with Gasteiger partial charge in [0.1, 0.15) is 11.8 Å². The van der Waals surface area contributed by atoms with Crippen molar-refractivity contribution >= 4 is 5.97 Å². The Balaban J connectivity index is 3.16. The molecule has 4 nitrogen and oxygen atoms in total. The lowest BCUT2D eigenvalue weighted by molar-refractivity contribution is -0.142. The average Bonchev–Trinajstić information content (AvgIpc) is 2.17. The molecule has 1 rings (SSSR count). The zero-order valence-electron chi connectivity index (χ0n) is 9.10. The molecule has 0 saturated heterocycles. The number of hydrogen-bond donors (Lipinski definition) is 1. The first kappa shape index (κ1) is 11.5. The third-order valence-electron chi connectivity index (χ3n) is 2.18. The molecule has 0 aliphatic rings. The maximum Gasteiger partial charge on any atom is 0.325 e. The fourth-order valence-electron chi connectivity index (χ4n) is 1.52. The van der Waals surface area contributed by atoms with E-state index in [4.69, 9.17) is 9.84 Å². The summed E-state index contributed by atoms with van der Waals surface area (Å²) in [6.07, 6.45) is 0. The lowest BCUT2D eigenvalue weighted by Gasteiger charge is -2.22. The van der Waals surface area contributed by atoms with E-state index >= 15 is 0 Å². The number of para-hydroxylation sites is 1. The molecule has 0 heterocycles. The van der Waals surface area contributed by atoms with E-state index in [9.17, 15) is 4.79 Å². The van der Waals surface area contributed by atoms with Gasteiger partial charge in [-0.05, 0) is 20.2 Å². The fraction of sp³-hybridized carbons (Fsp3) is 0.364. The number of carboxylic acid groups (broad SMARTS) is 1. The molecule has 0 unspecified atom stereocenters. The first-order valence-electron chi connectivity index (χ1n) is 4.60. The number of carbonyl (C=O) groups is 1.